The molecule has 0 unspecified atom stereocenters. The number of aryl methyl sites for hydroxylation is 1. The quantitative estimate of drug-likeness (QED) is 0.481. The molecule has 0 radical (unpaired) electrons. The fourth-order valence-electron chi connectivity index (χ4n) is 1.72. The molecule has 0 fully saturated rings. The Bertz CT molecular complexity index is 639. The molecule has 0 bridgehead atoms. The largest absolute Gasteiger partial charge is 0.461 e. The first-order chi connectivity index (χ1) is 9.59. The van der Waals surface area contributed by atoms with Crippen molar-refractivity contribution in [3.63, 3.8) is 0 Å². The molecule has 0 aliphatic heterocycles. The van der Waals surface area contributed by atoms with Crippen LogP contribution in [-0.2, 0) is 11.2 Å². The number of hydrogen-bond donors (Lipinski definition) is 0. The number of thiazole rings is 1. The zero-order valence-corrected chi connectivity index (χ0v) is 11.6. The lowest BCUT2D eigenvalue weighted by Gasteiger charge is -2.04. The number of hydrogen-bond acceptors (Lipinski definition) is 6. The van der Waals surface area contributed by atoms with E-state index in [-0.39, 0.29) is 12.3 Å². The first kappa shape index (κ1) is 14.1. The summed E-state index contributed by atoms with van der Waals surface area (Å²) in [6, 6.07) is 6.42. The molecule has 6 nitrogen and oxygen atoms in total. The molecule has 1 heterocycles. The second-order valence-corrected chi connectivity index (χ2v) is 4.89. The van der Waals surface area contributed by atoms with E-state index in [0.717, 1.165) is 0 Å². The number of ether oxygens (including phenoxy) is 1. The predicted octanol–water partition coefficient (Wildman–Crippen LogP) is 2.76. The van der Waals surface area contributed by atoms with Gasteiger partial charge in [-0.3, -0.25) is 10.1 Å². The van der Waals surface area contributed by atoms with E-state index in [1.54, 1.807) is 30.6 Å². The van der Waals surface area contributed by atoms with Gasteiger partial charge in [0.25, 0.3) is 5.69 Å². The van der Waals surface area contributed by atoms with Gasteiger partial charge in [0.2, 0.25) is 0 Å². The number of nitro benzene ring substituents is 1. The van der Waals surface area contributed by atoms with Gasteiger partial charge >= 0.3 is 5.97 Å². The van der Waals surface area contributed by atoms with Crippen molar-refractivity contribution in [1.29, 1.82) is 0 Å². The van der Waals surface area contributed by atoms with Crippen molar-refractivity contribution in [3.05, 3.63) is 56.0 Å². The van der Waals surface area contributed by atoms with Crippen LogP contribution in [0, 0.1) is 17.0 Å². The number of nitro groups is 1. The molecule has 0 atom stereocenters. The number of rotatable bonds is 5. The second kappa shape index (κ2) is 6.25. The summed E-state index contributed by atoms with van der Waals surface area (Å²) in [6.45, 7) is 1.83. The molecule has 0 N–H and O–H groups in total. The summed E-state index contributed by atoms with van der Waals surface area (Å²) < 4.78 is 5.11. The highest BCUT2D eigenvalue weighted by Gasteiger charge is 2.15. The van der Waals surface area contributed by atoms with Crippen molar-refractivity contribution >= 4 is 23.0 Å². The molecule has 0 amide bonds. The molecule has 7 heteroatoms. The number of aromatic nitrogens is 1. The van der Waals surface area contributed by atoms with Crippen LogP contribution >= 0.6 is 11.3 Å². The summed E-state index contributed by atoms with van der Waals surface area (Å²) >= 11 is 1.22. The Kier molecular flexibility index (Phi) is 4.41. The van der Waals surface area contributed by atoms with E-state index < -0.39 is 10.9 Å². The van der Waals surface area contributed by atoms with Crippen molar-refractivity contribution in [1.82, 2.24) is 4.98 Å². The third-order valence-electron chi connectivity index (χ3n) is 2.72. The average molecular weight is 292 g/mol. The fourth-order valence-corrected chi connectivity index (χ4v) is 2.41. The lowest BCUT2D eigenvalue weighted by molar-refractivity contribution is -0.385. The third kappa shape index (κ3) is 3.18. The summed E-state index contributed by atoms with van der Waals surface area (Å²) in [4.78, 5) is 26.6. The molecule has 0 aliphatic carbocycles. The standard InChI is InChI=1S/C13H12N2O4S/c1-9-12(20-8-14-9)13(16)19-7-6-10-4-2-3-5-11(10)15(17)18/h2-5,8H,6-7H2,1H3. The van der Waals surface area contributed by atoms with Gasteiger partial charge in [0.15, 0.2) is 0 Å². The van der Waals surface area contributed by atoms with Gasteiger partial charge in [-0.1, -0.05) is 18.2 Å². The van der Waals surface area contributed by atoms with Gasteiger partial charge in [-0.05, 0) is 6.92 Å². The van der Waals surface area contributed by atoms with Crippen LogP contribution in [-0.4, -0.2) is 22.5 Å². The molecule has 1 aromatic heterocycles. The smallest absolute Gasteiger partial charge is 0.350 e. The van der Waals surface area contributed by atoms with E-state index in [2.05, 4.69) is 4.98 Å². The maximum absolute atomic E-state index is 11.7. The summed E-state index contributed by atoms with van der Waals surface area (Å²) in [7, 11) is 0. The Morgan fingerprint density at radius 3 is 2.85 bits per heavy atom. The Balaban J connectivity index is 1.95. The Morgan fingerprint density at radius 2 is 2.20 bits per heavy atom. The van der Waals surface area contributed by atoms with E-state index in [1.165, 1.54) is 17.4 Å². The van der Waals surface area contributed by atoms with Crippen molar-refractivity contribution in [2.75, 3.05) is 6.61 Å². The van der Waals surface area contributed by atoms with Crippen LogP contribution < -0.4 is 0 Å². The molecule has 0 saturated heterocycles. The second-order valence-electron chi connectivity index (χ2n) is 4.04. The lowest BCUT2D eigenvalue weighted by Crippen LogP contribution is -2.08. The molecule has 1 aromatic carbocycles. The zero-order chi connectivity index (χ0) is 14.5. The minimum absolute atomic E-state index is 0.0394. The molecule has 2 rings (SSSR count). The van der Waals surface area contributed by atoms with Gasteiger partial charge in [-0.25, -0.2) is 9.78 Å². The number of nitrogens with zero attached hydrogens (tertiary/aromatic N) is 2. The topological polar surface area (TPSA) is 82.3 Å². The molecule has 0 spiro atoms. The lowest BCUT2D eigenvalue weighted by atomic mass is 10.1. The maximum atomic E-state index is 11.7. The van der Waals surface area contributed by atoms with Crippen LogP contribution in [0.2, 0.25) is 0 Å². The van der Waals surface area contributed by atoms with E-state index in [4.69, 9.17) is 4.74 Å². The van der Waals surface area contributed by atoms with E-state index in [9.17, 15) is 14.9 Å². The number of carbonyl (C=O) groups is 1. The Morgan fingerprint density at radius 1 is 1.45 bits per heavy atom. The number of benzene rings is 1. The summed E-state index contributed by atoms with van der Waals surface area (Å²) in [5.41, 5.74) is 2.79. The van der Waals surface area contributed by atoms with E-state index in [0.29, 0.717) is 22.6 Å². The molecular weight excluding hydrogens is 280 g/mol. The number of carbonyl (C=O) groups excluding carboxylic acids is 1. The molecule has 0 saturated carbocycles. The minimum Gasteiger partial charge on any atom is -0.461 e. The van der Waals surface area contributed by atoms with Crippen molar-refractivity contribution in [2.45, 2.75) is 13.3 Å². The average Bonchev–Trinajstić information content (AvgIpc) is 2.85. The zero-order valence-electron chi connectivity index (χ0n) is 10.7. The van der Waals surface area contributed by atoms with Gasteiger partial charge in [0.1, 0.15) is 4.88 Å². The summed E-state index contributed by atoms with van der Waals surface area (Å²) in [5, 5.41) is 10.8. The van der Waals surface area contributed by atoms with Gasteiger partial charge in [-0.15, -0.1) is 11.3 Å². The number of esters is 1. The fraction of sp³-hybridized carbons (Fsp3) is 0.231. The van der Waals surface area contributed by atoms with Crippen LogP contribution in [0.5, 0.6) is 0 Å². The molecule has 20 heavy (non-hydrogen) atoms. The van der Waals surface area contributed by atoms with Crippen molar-refractivity contribution in [2.24, 2.45) is 0 Å². The van der Waals surface area contributed by atoms with Crippen LogP contribution in [0.25, 0.3) is 0 Å². The predicted molar refractivity (Wildman–Crippen MR) is 73.9 cm³/mol. The van der Waals surface area contributed by atoms with E-state index >= 15 is 0 Å². The maximum Gasteiger partial charge on any atom is 0.350 e. The minimum atomic E-state index is -0.441. The SMILES string of the molecule is Cc1ncsc1C(=O)OCCc1ccccc1[N+](=O)[O-]. The molecular formula is C13H12N2O4S. The van der Waals surface area contributed by atoms with Crippen LogP contribution in [0.15, 0.2) is 29.8 Å². The van der Waals surface area contributed by atoms with Crippen LogP contribution in [0.1, 0.15) is 20.9 Å². The highest BCUT2D eigenvalue weighted by Crippen LogP contribution is 2.19. The van der Waals surface area contributed by atoms with Crippen molar-refractivity contribution < 1.29 is 14.5 Å². The van der Waals surface area contributed by atoms with Gasteiger partial charge in [-0.2, -0.15) is 0 Å². The van der Waals surface area contributed by atoms with E-state index in [1.807, 2.05) is 0 Å². The molecule has 104 valence electrons. The first-order valence-corrected chi connectivity index (χ1v) is 6.77. The normalized spacial score (nSPS) is 10.2. The third-order valence-corrected chi connectivity index (χ3v) is 3.63. The first-order valence-electron chi connectivity index (χ1n) is 5.89. The monoisotopic (exact) mass is 292 g/mol. The van der Waals surface area contributed by atoms with Gasteiger partial charge < -0.3 is 4.74 Å². The molecule has 2 aromatic rings. The highest BCUT2D eigenvalue weighted by atomic mass is 32.1. The summed E-state index contributed by atoms with van der Waals surface area (Å²) in [5.74, 6) is -0.441. The van der Waals surface area contributed by atoms with Gasteiger partial charge in [0.05, 0.1) is 22.7 Å². The Hall–Kier alpha value is -2.28. The van der Waals surface area contributed by atoms with Gasteiger partial charge in [0, 0.05) is 18.1 Å². The summed E-state index contributed by atoms with van der Waals surface area (Å²) in [6.07, 6.45) is 0.306. The highest BCUT2D eigenvalue weighted by molar-refractivity contribution is 7.11. The van der Waals surface area contributed by atoms with Crippen molar-refractivity contribution in [3.8, 4) is 0 Å². The number of para-hydroxylation sites is 1. The van der Waals surface area contributed by atoms with Crippen LogP contribution in [0.3, 0.4) is 0 Å². The Labute approximate surface area is 119 Å². The molecule has 0 aliphatic rings. The van der Waals surface area contributed by atoms with Crippen LogP contribution in [0.4, 0.5) is 5.69 Å².